The average Bonchev–Trinajstić information content (AvgIpc) is 2.71. The molecule has 156 valence electrons. The molecule has 0 aliphatic rings. The molecule has 4 nitrogen and oxygen atoms in total. The fourth-order valence-corrected chi connectivity index (χ4v) is 3.28. The Hall–Kier alpha value is -2.04. The van der Waals surface area contributed by atoms with Crippen molar-refractivity contribution >= 4 is 35.0 Å². The summed E-state index contributed by atoms with van der Waals surface area (Å²) in [5.41, 5.74) is 1.84. The molecule has 2 aromatic carbocycles. The van der Waals surface area contributed by atoms with E-state index in [1.165, 1.54) is 0 Å². The number of aryl methyl sites for hydroxylation is 1. The van der Waals surface area contributed by atoms with Crippen LogP contribution in [0.25, 0.3) is 0 Å². The molecular formula is C23H28Cl2N2O2. The molecule has 0 saturated carbocycles. The Bertz CT molecular complexity index is 824. The molecule has 2 amide bonds. The van der Waals surface area contributed by atoms with Crippen LogP contribution in [-0.4, -0.2) is 28.8 Å². The summed E-state index contributed by atoms with van der Waals surface area (Å²) in [6.45, 7) is 6.07. The van der Waals surface area contributed by atoms with E-state index < -0.39 is 6.04 Å². The van der Waals surface area contributed by atoms with Gasteiger partial charge in [-0.05, 0) is 56.0 Å². The van der Waals surface area contributed by atoms with Crippen LogP contribution < -0.4 is 5.32 Å². The lowest BCUT2D eigenvalue weighted by atomic mass is 10.1. The Balaban J connectivity index is 2.15. The number of amides is 2. The Morgan fingerprint density at radius 3 is 2.31 bits per heavy atom. The molecule has 0 spiro atoms. The van der Waals surface area contributed by atoms with Gasteiger partial charge in [0, 0.05) is 29.1 Å². The van der Waals surface area contributed by atoms with Crippen molar-refractivity contribution < 1.29 is 9.59 Å². The van der Waals surface area contributed by atoms with Crippen LogP contribution in [0.3, 0.4) is 0 Å². The van der Waals surface area contributed by atoms with Gasteiger partial charge in [-0.15, -0.1) is 0 Å². The van der Waals surface area contributed by atoms with E-state index in [4.69, 9.17) is 23.2 Å². The molecule has 2 rings (SSSR count). The van der Waals surface area contributed by atoms with Crippen LogP contribution in [0.15, 0.2) is 48.5 Å². The van der Waals surface area contributed by atoms with E-state index in [0.717, 1.165) is 17.5 Å². The normalized spacial score (nSPS) is 12.9. The average molecular weight is 435 g/mol. The number of hydrogen-bond donors (Lipinski definition) is 1. The van der Waals surface area contributed by atoms with Crippen LogP contribution in [-0.2, 0) is 22.6 Å². The van der Waals surface area contributed by atoms with E-state index in [0.29, 0.717) is 23.0 Å². The van der Waals surface area contributed by atoms with Gasteiger partial charge in [-0.3, -0.25) is 9.59 Å². The number of carbonyl (C=O) groups is 2. The van der Waals surface area contributed by atoms with Crippen molar-refractivity contribution in [1.82, 2.24) is 10.2 Å². The standard InChI is InChI=1S/C23H28Cl2N2O2/c1-4-16(2)26-23(29)17(3)27(15-18-9-12-20(24)13-10-18)22(28)14-11-19-7-5-6-8-21(19)25/h5-10,12-13,16-17H,4,11,14-15H2,1-3H3,(H,26,29)/t16-,17+/m1/s1. The number of benzene rings is 2. The summed E-state index contributed by atoms with van der Waals surface area (Å²) >= 11 is 12.2. The molecule has 0 aliphatic heterocycles. The van der Waals surface area contributed by atoms with Gasteiger partial charge in [0.2, 0.25) is 11.8 Å². The van der Waals surface area contributed by atoms with Gasteiger partial charge in [0.15, 0.2) is 0 Å². The maximum Gasteiger partial charge on any atom is 0.242 e. The molecule has 0 radical (unpaired) electrons. The SMILES string of the molecule is CC[C@@H](C)NC(=O)[C@H](C)N(Cc1ccc(Cl)cc1)C(=O)CCc1ccccc1Cl. The highest BCUT2D eigenvalue weighted by Gasteiger charge is 2.26. The van der Waals surface area contributed by atoms with Crippen LogP contribution in [0.4, 0.5) is 0 Å². The topological polar surface area (TPSA) is 49.4 Å². The number of hydrogen-bond acceptors (Lipinski definition) is 2. The smallest absolute Gasteiger partial charge is 0.242 e. The summed E-state index contributed by atoms with van der Waals surface area (Å²) in [4.78, 5) is 27.4. The third-order valence-corrected chi connectivity index (χ3v) is 5.62. The molecule has 0 unspecified atom stereocenters. The number of nitrogens with zero attached hydrogens (tertiary/aromatic N) is 1. The van der Waals surface area contributed by atoms with Gasteiger partial charge in [0.05, 0.1) is 0 Å². The molecule has 0 aliphatic carbocycles. The summed E-state index contributed by atoms with van der Waals surface area (Å²) in [6, 6.07) is 14.3. The summed E-state index contributed by atoms with van der Waals surface area (Å²) in [7, 11) is 0. The lowest BCUT2D eigenvalue weighted by Gasteiger charge is -2.30. The minimum atomic E-state index is -0.585. The molecule has 1 N–H and O–H groups in total. The minimum Gasteiger partial charge on any atom is -0.352 e. The van der Waals surface area contributed by atoms with Gasteiger partial charge in [-0.1, -0.05) is 60.5 Å². The number of nitrogens with one attached hydrogen (secondary N) is 1. The zero-order valence-corrected chi connectivity index (χ0v) is 18.6. The monoisotopic (exact) mass is 434 g/mol. The quantitative estimate of drug-likeness (QED) is 0.584. The lowest BCUT2D eigenvalue weighted by Crippen LogP contribution is -2.49. The Labute approximate surface area is 183 Å². The molecule has 2 aromatic rings. The molecule has 0 aromatic heterocycles. The second-order valence-electron chi connectivity index (χ2n) is 7.23. The van der Waals surface area contributed by atoms with Crippen LogP contribution in [0.2, 0.25) is 10.0 Å². The Morgan fingerprint density at radius 1 is 1.03 bits per heavy atom. The summed E-state index contributed by atoms with van der Waals surface area (Å²) < 4.78 is 0. The summed E-state index contributed by atoms with van der Waals surface area (Å²) in [5, 5.41) is 4.25. The largest absolute Gasteiger partial charge is 0.352 e. The van der Waals surface area contributed by atoms with Gasteiger partial charge in [0.1, 0.15) is 6.04 Å². The number of carbonyl (C=O) groups excluding carboxylic acids is 2. The Morgan fingerprint density at radius 2 is 1.69 bits per heavy atom. The molecule has 0 fully saturated rings. The van der Waals surface area contributed by atoms with E-state index in [9.17, 15) is 9.59 Å². The fourth-order valence-electron chi connectivity index (χ4n) is 2.92. The third kappa shape index (κ3) is 7.06. The first-order chi connectivity index (χ1) is 13.8. The summed E-state index contributed by atoms with van der Waals surface area (Å²) in [5.74, 6) is -0.244. The zero-order valence-electron chi connectivity index (χ0n) is 17.1. The first kappa shape index (κ1) is 23.2. The van der Waals surface area contributed by atoms with Crippen LogP contribution >= 0.6 is 23.2 Å². The maximum absolute atomic E-state index is 13.1. The molecule has 0 bridgehead atoms. The summed E-state index contributed by atoms with van der Waals surface area (Å²) in [6.07, 6.45) is 1.63. The van der Waals surface area contributed by atoms with Crippen molar-refractivity contribution in [2.75, 3.05) is 0 Å². The van der Waals surface area contributed by atoms with Gasteiger partial charge in [0.25, 0.3) is 0 Å². The predicted molar refractivity (Wildman–Crippen MR) is 119 cm³/mol. The fraction of sp³-hybridized carbons (Fsp3) is 0.391. The Kier molecular flexibility index (Phi) is 8.99. The molecule has 6 heteroatoms. The lowest BCUT2D eigenvalue weighted by molar-refractivity contribution is -0.140. The minimum absolute atomic E-state index is 0.0561. The van der Waals surface area contributed by atoms with E-state index in [1.54, 1.807) is 24.0 Å². The molecule has 0 heterocycles. The van der Waals surface area contributed by atoms with Gasteiger partial charge in [-0.25, -0.2) is 0 Å². The van der Waals surface area contributed by atoms with Crippen LogP contribution in [0.5, 0.6) is 0 Å². The van der Waals surface area contributed by atoms with E-state index in [-0.39, 0.29) is 24.3 Å². The maximum atomic E-state index is 13.1. The predicted octanol–water partition coefficient (Wildman–Crippen LogP) is 5.26. The van der Waals surface area contributed by atoms with Crippen LogP contribution in [0.1, 0.15) is 44.7 Å². The first-order valence-electron chi connectivity index (χ1n) is 9.89. The second kappa shape index (κ2) is 11.2. The van der Waals surface area contributed by atoms with Crippen LogP contribution in [0, 0.1) is 0 Å². The van der Waals surface area contributed by atoms with Gasteiger partial charge >= 0.3 is 0 Å². The van der Waals surface area contributed by atoms with E-state index in [2.05, 4.69) is 5.32 Å². The third-order valence-electron chi connectivity index (χ3n) is 5.00. The second-order valence-corrected chi connectivity index (χ2v) is 8.08. The highest BCUT2D eigenvalue weighted by atomic mass is 35.5. The molecule has 0 saturated heterocycles. The molecule has 2 atom stereocenters. The van der Waals surface area contributed by atoms with Crippen molar-refractivity contribution in [2.24, 2.45) is 0 Å². The van der Waals surface area contributed by atoms with Crippen molar-refractivity contribution in [3.8, 4) is 0 Å². The van der Waals surface area contributed by atoms with Crippen molar-refractivity contribution in [3.05, 3.63) is 69.7 Å². The molecule has 29 heavy (non-hydrogen) atoms. The van der Waals surface area contributed by atoms with Crippen molar-refractivity contribution in [1.29, 1.82) is 0 Å². The van der Waals surface area contributed by atoms with Crippen molar-refractivity contribution in [2.45, 2.75) is 58.7 Å². The highest BCUT2D eigenvalue weighted by molar-refractivity contribution is 6.31. The van der Waals surface area contributed by atoms with Crippen molar-refractivity contribution in [3.63, 3.8) is 0 Å². The first-order valence-corrected chi connectivity index (χ1v) is 10.6. The van der Waals surface area contributed by atoms with Gasteiger partial charge < -0.3 is 10.2 Å². The van der Waals surface area contributed by atoms with Gasteiger partial charge in [-0.2, -0.15) is 0 Å². The van der Waals surface area contributed by atoms with E-state index in [1.807, 2.05) is 50.2 Å². The zero-order chi connectivity index (χ0) is 21.4. The van der Waals surface area contributed by atoms with E-state index >= 15 is 0 Å². The number of halogens is 2. The number of rotatable bonds is 9. The molecular weight excluding hydrogens is 407 g/mol. The highest BCUT2D eigenvalue weighted by Crippen LogP contribution is 2.19.